The van der Waals surface area contributed by atoms with Gasteiger partial charge in [0.15, 0.2) is 0 Å². The average Bonchev–Trinajstić information content (AvgIpc) is 3.18. The van der Waals surface area contributed by atoms with Crippen LogP contribution in [0.2, 0.25) is 0 Å². The summed E-state index contributed by atoms with van der Waals surface area (Å²) in [6, 6.07) is 18.0. The number of para-hydroxylation sites is 2. The highest BCUT2D eigenvalue weighted by Crippen LogP contribution is 2.22. The zero-order valence-electron chi connectivity index (χ0n) is 17.4. The number of rotatable bonds is 8. The lowest BCUT2D eigenvalue weighted by Gasteiger charge is -2.34. The van der Waals surface area contributed by atoms with Gasteiger partial charge in [-0.1, -0.05) is 30.3 Å². The first-order chi connectivity index (χ1) is 14.7. The Balaban J connectivity index is 1.17. The predicted octanol–water partition coefficient (Wildman–Crippen LogP) is 2.95. The molecule has 1 amide bonds. The van der Waals surface area contributed by atoms with Crippen molar-refractivity contribution >= 4 is 27.5 Å². The number of carbonyl (C=O) groups excluding carboxylic acids is 1. The molecule has 30 heavy (non-hydrogen) atoms. The first kappa shape index (κ1) is 20.8. The van der Waals surface area contributed by atoms with Gasteiger partial charge in [-0.15, -0.1) is 11.3 Å². The third-order valence-electron chi connectivity index (χ3n) is 5.38. The number of amides is 1. The molecule has 0 spiro atoms. The average molecular weight is 425 g/mol. The molecule has 1 aromatic heterocycles. The minimum absolute atomic E-state index is 0.148. The van der Waals surface area contributed by atoms with E-state index in [9.17, 15) is 4.79 Å². The highest BCUT2D eigenvalue weighted by Gasteiger charge is 2.21. The van der Waals surface area contributed by atoms with Gasteiger partial charge in [-0.05, 0) is 24.3 Å². The van der Waals surface area contributed by atoms with Crippen LogP contribution in [-0.4, -0.2) is 78.5 Å². The summed E-state index contributed by atoms with van der Waals surface area (Å²) in [5.41, 5.74) is 1.01. The van der Waals surface area contributed by atoms with E-state index in [1.54, 1.807) is 16.2 Å². The maximum Gasteiger partial charge on any atom is 0.236 e. The molecule has 7 heteroatoms. The van der Waals surface area contributed by atoms with E-state index in [0.717, 1.165) is 49.0 Å². The molecule has 1 aliphatic heterocycles. The zero-order valence-corrected chi connectivity index (χ0v) is 18.2. The van der Waals surface area contributed by atoms with Crippen molar-refractivity contribution in [3.63, 3.8) is 0 Å². The van der Waals surface area contributed by atoms with Crippen molar-refractivity contribution in [1.29, 1.82) is 0 Å². The third-order valence-corrected chi connectivity index (χ3v) is 6.40. The molecule has 3 aromatic rings. The standard InChI is InChI=1S/C23H28N4O2S/c1-25(17-22-24-20-9-5-6-10-21(20)30-22)23(28)18-27-13-11-26(12-14-27)15-16-29-19-7-3-2-4-8-19/h2-10H,11-18H2,1H3. The van der Waals surface area contributed by atoms with Crippen molar-refractivity contribution in [2.75, 3.05) is 52.9 Å². The van der Waals surface area contributed by atoms with Crippen LogP contribution in [0.1, 0.15) is 5.01 Å². The van der Waals surface area contributed by atoms with Crippen LogP contribution < -0.4 is 4.74 Å². The van der Waals surface area contributed by atoms with Crippen molar-refractivity contribution < 1.29 is 9.53 Å². The number of hydrogen-bond donors (Lipinski definition) is 0. The normalized spacial score (nSPS) is 15.4. The fourth-order valence-corrected chi connectivity index (χ4v) is 4.59. The number of benzene rings is 2. The number of likely N-dealkylation sites (N-methyl/N-ethyl adjacent to an activating group) is 1. The van der Waals surface area contributed by atoms with Crippen LogP contribution in [0.5, 0.6) is 5.75 Å². The number of carbonyl (C=O) groups is 1. The molecular weight excluding hydrogens is 396 g/mol. The summed E-state index contributed by atoms with van der Waals surface area (Å²) < 4.78 is 6.96. The van der Waals surface area contributed by atoms with E-state index in [4.69, 9.17) is 4.74 Å². The van der Waals surface area contributed by atoms with Gasteiger partial charge >= 0.3 is 0 Å². The number of hydrogen-bond acceptors (Lipinski definition) is 6. The second kappa shape index (κ2) is 10.0. The van der Waals surface area contributed by atoms with E-state index in [-0.39, 0.29) is 5.91 Å². The van der Waals surface area contributed by atoms with Crippen LogP contribution in [0.3, 0.4) is 0 Å². The first-order valence-electron chi connectivity index (χ1n) is 10.4. The molecule has 1 saturated heterocycles. The number of nitrogens with zero attached hydrogens (tertiary/aromatic N) is 4. The molecule has 0 N–H and O–H groups in total. The quantitative estimate of drug-likeness (QED) is 0.557. The van der Waals surface area contributed by atoms with E-state index >= 15 is 0 Å². The van der Waals surface area contributed by atoms with E-state index < -0.39 is 0 Å². The number of aromatic nitrogens is 1. The van der Waals surface area contributed by atoms with Crippen LogP contribution in [0, 0.1) is 0 Å². The Morgan fingerprint density at radius 2 is 1.73 bits per heavy atom. The van der Waals surface area contributed by atoms with Gasteiger partial charge in [0.05, 0.1) is 23.3 Å². The Labute approximate surface area is 181 Å². The van der Waals surface area contributed by atoms with Crippen LogP contribution in [0.4, 0.5) is 0 Å². The van der Waals surface area contributed by atoms with Crippen molar-refractivity contribution in [2.45, 2.75) is 6.54 Å². The Morgan fingerprint density at radius 1 is 1.03 bits per heavy atom. The van der Waals surface area contributed by atoms with Crippen LogP contribution in [0.15, 0.2) is 54.6 Å². The lowest BCUT2D eigenvalue weighted by Crippen LogP contribution is -2.50. The largest absolute Gasteiger partial charge is 0.492 e. The van der Waals surface area contributed by atoms with Crippen LogP contribution in [0.25, 0.3) is 10.2 Å². The fraction of sp³-hybridized carbons (Fsp3) is 0.391. The molecule has 158 valence electrons. The molecule has 0 aliphatic carbocycles. The van der Waals surface area contributed by atoms with Gasteiger partial charge in [0.2, 0.25) is 5.91 Å². The predicted molar refractivity (Wildman–Crippen MR) is 121 cm³/mol. The molecule has 1 fully saturated rings. The summed E-state index contributed by atoms with van der Waals surface area (Å²) in [4.78, 5) is 23.7. The number of ether oxygens (including phenoxy) is 1. The second-order valence-corrected chi connectivity index (χ2v) is 8.72. The first-order valence-corrected chi connectivity index (χ1v) is 11.2. The van der Waals surface area contributed by atoms with Gasteiger partial charge in [-0.2, -0.15) is 0 Å². The Hall–Kier alpha value is -2.48. The lowest BCUT2D eigenvalue weighted by molar-refractivity contribution is -0.132. The van der Waals surface area contributed by atoms with Gasteiger partial charge in [-0.25, -0.2) is 4.98 Å². The molecular formula is C23H28N4O2S. The molecule has 0 atom stereocenters. The Bertz CT molecular complexity index is 921. The van der Waals surface area contributed by atoms with E-state index in [2.05, 4.69) is 20.9 Å². The van der Waals surface area contributed by atoms with Crippen LogP contribution >= 0.6 is 11.3 Å². The number of thiazole rings is 1. The van der Waals surface area contributed by atoms with Gasteiger partial charge in [0.1, 0.15) is 17.4 Å². The SMILES string of the molecule is CN(Cc1nc2ccccc2s1)C(=O)CN1CCN(CCOc2ccccc2)CC1. The summed E-state index contributed by atoms with van der Waals surface area (Å²) in [7, 11) is 1.87. The maximum absolute atomic E-state index is 12.7. The van der Waals surface area contributed by atoms with Crippen molar-refractivity contribution in [3.05, 3.63) is 59.6 Å². The summed E-state index contributed by atoms with van der Waals surface area (Å²) in [6.07, 6.45) is 0. The van der Waals surface area contributed by atoms with Gasteiger partial charge < -0.3 is 9.64 Å². The number of fused-ring (bicyclic) bond motifs is 1. The van der Waals surface area contributed by atoms with E-state index in [0.29, 0.717) is 19.7 Å². The molecule has 0 bridgehead atoms. The van der Waals surface area contributed by atoms with Crippen molar-refractivity contribution in [3.8, 4) is 5.75 Å². The lowest BCUT2D eigenvalue weighted by atomic mass is 10.3. The second-order valence-electron chi connectivity index (χ2n) is 7.60. The summed E-state index contributed by atoms with van der Waals surface area (Å²) in [6.45, 7) is 6.38. The van der Waals surface area contributed by atoms with E-state index in [1.807, 2.05) is 55.6 Å². The fourth-order valence-electron chi connectivity index (χ4n) is 3.57. The minimum Gasteiger partial charge on any atom is -0.492 e. The van der Waals surface area contributed by atoms with Crippen molar-refractivity contribution in [1.82, 2.24) is 19.7 Å². The topological polar surface area (TPSA) is 48.9 Å². The molecule has 1 aliphatic rings. The summed E-state index contributed by atoms with van der Waals surface area (Å²) in [5.74, 6) is 1.06. The molecule has 6 nitrogen and oxygen atoms in total. The summed E-state index contributed by atoms with van der Waals surface area (Å²) >= 11 is 1.66. The monoisotopic (exact) mass is 424 g/mol. The maximum atomic E-state index is 12.7. The highest BCUT2D eigenvalue weighted by molar-refractivity contribution is 7.18. The Kier molecular flexibility index (Phi) is 6.94. The molecule has 0 saturated carbocycles. The molecule has 2 heterocycles. The van der Waals surface area contributed by atoms with Gasteiger partial charge in [0, 0.05) is 39.8 Å². The molecule has 2 aromatic carbocycles. The highest BCUT2D eigenvalue weighted by atomic mass is 32.1. The minimum atomic E-state index is 0.148. The zero-order chi connectivity index (χ0) is 20.8. The van der Waals surface area contributed by atoms with Crippen LogP contribution in [-0.2, 0) is 11.3 Å². The van der Waals surface area contributed by atoms with Crippen molar-refractivity contribution in [2.24, 2.45) is 0 Å². The van der Waals surface area contributed by atoms with Gasteiger partial charge in [0.25, 0.3) is 0 Å². The van der Waals surface area contributed by atoms with E-state index in [1.165, 1.54) is 4.70 Å². The van der Waals surface area contributed by atoms with Gasteiger partial charge in [-0.3, -0.25) is 14.6 Å². The number of piperazine rings is 1. The smallest absolute Gasteiger partial charge is 0.236 e. The molecule has 0 unspecified atom stereocenters. The Morgan fingerprint density at radius 3 is 2.50 bits per heavy atom. The summed E-state index contributed by atoms with van der Waals surface area (Å²) in [5, 5.41) is 0.982. The third kappa shape index (κ3) is 5.56. The molecule has 4 rings (SSSR count). The molecule has 0 radical (unpaired) electrons.